The van der Waals surface area contributed by atoms with Crippen molar-refractivity contribution >= 4 is 23.8 Å². The highest BCUT2D eigenvalue weighted by Crippen LogP contribution is 2.23. The van der Waals surface area contributed by atoms with Crippen molar-refractivity contribution in [1.82, 2.24) is 16.0 Å². The molecule has 0 heterocycles. The van der Waals surface area contributed by atoms with E-state index in [-0.39, 0.29) is 30.7 Å². The molecular formula is C28H54N4O7. The Labute approximate surface area is 234 Å². The first-order chi connectivity index (χ1) is 18.0. The van der Waals surface area contributed by atoms with Gasteiger partial charge in [0.15, 0.2) is 0 Å². The topological polar surface area (TPSA) is 180 Å². The molecule has 0 rings (SSSR count). The van der Waals surface area contributed by atoms with Gasteiger partial charge in [-0.1, -0.05) is 27.7 Å². The zero-order chi connectivity index (χ0) is 30.2. The molecule has 39 heavy (non-hydrogen) atoms. The first-order valence-corrected chi connectivity index (χ1v) is 14.1. The van der Waals surface area contributed by atoms with Gasteiger partial charge in [-0.25, -0.2) is 0 Å². The van der Waals surface area contributed by atoms with Crippen molar-refractivity contribution in [3.63, 3.8) is 0 Å². The number of amides is 2. The lowest BCUT2D eigenvalue weighted by Crippen LogP contribution is -2.43. The number of nitrogens with one attached hydrogen (secondary N) is 3. The van der Waals surface area contributed by atoms with Crippen LogP contribution in [0.3, 0.4) is 0 Å². The van der Waals surface area contributed by atoms with Crippen LogP contribution in [-0.2, 0) is 23.9 Å². The van der Waals surface area contributed by atoms with Crippen molar-refractivity contribution in [3.8, 4) is 0 Å². The largest absolute Gasteiger partial charge is 0.480 e. The van der Waals surface area contributed by atoms with E-state index in [1.54, 1.807) is 0 Å². The van der Waals surface area contributed by atoms with Gasteiger partial charge in [0.25, 0.3) is 0 Å². The Bertz CT molecular complexity index is 771. The van der Waals surface area contributed by atoms with Crippen molar-refractivity contribution in [2.45, 2.75) is 124 Å². The second-order valence-electron chi connectivity index (χ2n) is 12.2. The molecule has 2 amide bonds. The maximum Gasteiger partial charge on any atom is 0.320 e. The van der Waals surface area contributed by atoms with E-state index in [2.05, 4.69) is 29.8 Å². The molecule has 0 aromatic rings. The van der Waals surface area contributed by atoms with Crippen LogP contribution in [0.2, 0.25) is 0 Å². The summed E-state index contributed by atoms with van der Waals surface area (Å²) in [4.78, 5) is 47.1. The Morgan fingerprint density at radius 3 is 2.08 bits per heavy atom. The number of nitrogens with two attached hydrogens (primary N) is 1. The van der Waals surface area contributed by atoms with Crippen molar-refractivity contribution in [1.29, 1.82) is 0 Å². The minimum absolute atomic E-state index is 0.0538. The third-order valence-electron chi connectivity index (χ3n) is 6.70. The van der Waals surface area contributed by atoms with Crippen LogP contribution in [0.1, 0.15) is 99.8 Å². The van der Waals surface area contributed by atoms with Gasteiger partial charge in [0, 0.05) is 37.6 Å². The fraction of sp³-hybridized carbons (Fsp3) is 0.857. The highest BCUT2D eigenvalue weighted by Gasteiger charge is 2.29. The number of ether oxygens (including phenoxy) is 1. The quantitative estimate of drug-likeness (QED) is 0.109. The molecule has 0 spiro atoms. The minimum Gasteiger partial charge on any atom is -0.480 e. The maximum atomic E-state index is 12.6. The molecule has 11 heteroatoms. The number of unbranched alkanes of at least 4 members (excludes halogenated alkanes) is 1. The summed E-state index contributed by atoms with van der Waals surface area (Å²) in [5.41, 5.74) is 4.33. The molecule has 0 aromatic carbocycles. The zero-order valence-electron chi connectivity index (χ0n) is 25.1. The van der Waals surface area contributed by atoms with Crippen LogP contribution >= 0.6 is 0 Å². The molecule has 0 aliphatic heterocycles. The molecule has 0 saturated heterocycles. The summed E-state index contributed by atoms with van der Waals surface area (Å²) in [5.74, 6) is -1.81. The second-order valence-corrected chi connectivity index (χ2v) is 12.2. The molecule has 0 radical (unpaired) electrons. The van der Waals surface area contributed by atoms with Crippen LogP contribution < -0.4 is 21.7 Å². The SMILES string of the molecule is CC(C)CC(C)NC(CCC(=O)NCCC(C)(C)OCCC(C)(C)C(=O)NCCCCC(N)C(=O)O)C(=O)O. The number of hydrogen-bond donors (Lipinski definition) is 6. The van der Waals surface area contributed by atoms with E-state index in [0.29, 0.717) is 57.7 Å². The molecule has 0 aliphatic carbocycles. The van der Waals surface area contributed by atoms with Crippen molar-refractivity contribution in [3.05, 3.63) is 0 Å². The molecule has 0 bridgehead atoms. The highest BCUT2D eigenvalue weighted by atomic mass is 16.5. The van der Waals surface area contributed by atoms with Crippen molar-refractivity contribution in [2.75, 3.05) is 19.7 Å². The van der Waals surface area contributed by atoms with Gasteiger partial charge >= 0.3 is 11.9 Å². The standard InChI is InChI=1S/C28H54N4O7/c1-19(2)18-20(3)32-22(25(36)37)11-12-23(33)30-16-13-28(6,7)39-17-14-27(4,5)26(38)31-15-9-8-10-21(29)24(34)35/h19-22,32H,8-18,29H2,1-7H3,(H,30,33)(H,31,38)(H,34,35)(H,36,37). The minimum atomic E-state index is -1.02. The van der Waals surface area contributed by atoms with E-state index in [9.17, 15) is 24.3 Å². The summed E-state index contributed by atoms with van der Waals surface area (Å²) >= 11 is 0. The number of aliphatic carboxylic acids is 2. The van der Waals surface area contributed by atoms with Crippen LogP contribution in [0, 0.1) is 11.3 Å². The Balaban J connectivity index is 4.30. The van der Waals surface area contributed by atoms with Crippen LogP contribution in [0.25, 0.3) is 0 Å². The molecule has 7 N–H and O–H groups in total. The Kier molecular flexibility index (Phi) is 17.1. The summed E-state index contributed by atoms with van der Waals surface area (Å²) in [6, 6.07) is -1.58. The molecule has 0 saturated carbocycles. The lowest BCUT2D eigenvalue weighted by molar-refractivity contribution is -0.140. The van der Waals surface area contributed by atoms with Crippen molar-refractivity contribution in [2.24, 2.45) is 17.1 Å². The van der Waals surface area contributed by atoms with Gasteiger partial charge < -0.3 is 36.6 Å². The predicted octanol–water partition coefficient (Wildman–Crippen LogP) is 2.66. The molecule has 0 aliphatic rings. The second kappa shape index (κ2) is 18.2. The summed E-state index contributed by atoms with van der Waals surface area (Å²) in [7, 11) is 0. The maximum absolute atomic E-state index is 12.6. The van der Waals surface area contributed by atoms with Crippen LogP contribution in [0.4, 0.5) is 0 Å². The van der Waals surface area contributed by atoms with Crippen LogP contribution in [-0.4, -0.2) is 77.4 Å². The lowest BCUT2D eigenvalue weighted by atomic mass is 9.88. The van der Waals surface area contributed by atoms with E-state index < -0.39 is 35.0 Å². The summed E-state index contributed by atoms with van der Waals surface area (Å²) in [6.07, 6.45) is 3.92. The normalized spacial score (nSPS) is 14.5. The average molecular weight is 559 g/mol. The fourth-order valence-electron chi connectivity index (χ4n) is 4.09. The highest BCUT2D eigenvalue weighted by molar-refractivity contribution is 5.81. The molecule has 3 atom stereocenters. The molecule has 3 unspecified atom stereocenters. The third-order valence-corrected chi connectivity index (χ3v) is 6.70. The molecule has 0 aromatic heterocycles. The van der Waals surface area contributed by atoms with E-state index in [1.165, 1.54) is 0 Å². The molecule has 11 nitrogen and oxygen atoms in total. The Morgan fingerprint density at radius 2 is 1.51 bits per heavy atom. The Hall–Kier alpha value is -2.24. The number of hydrogen-bond acceptors (Lipinski definition) is 7. The summed E-state index contributed by atoms with van der Waals surface area (Å²) < 4.78 is 6.01. The smallest absolute Gasteiger partial charge is 0.320 e. The average Bonchev–Trinajstić information content (AvgIpc) is 2.79. The molecular weight excluding hydrogens is 504 g/mol. The van der Waals surface area contributed by atoms with Gasteiger partial charge in [0.1, 0.15) is 12.1 Å². The number of rotatable bonds is 22. The first kappa shape index (κ1) is 36.8. The molecule has 0 fully saturated rings. The van der Waals surface area contributed by atoms with Gasteiger partial charge in [-0.15, -0.1) is 0 Å². The van der Waals surface area contributed by atoms with Gasteiger partial charge in [0.2, 0.25) is 11.8 Å². The van der Waals surface area contributed by atoms with Crippen LogP contribution in [0.15, 0.2) is 0 Å². The van der Waals surface area contributed by atoms with Crippen molar-refractivity contribution < 1.29 is 34.1 Å². The molecule has 228 valence electrons. The third kappa shape index (κ3) is 17.9. The summed E-state index contributed by atoms with van der Waals surface area (Å²) in [6.45, 7) is 14.9. The predicted molar refractivity (Wildman–Crippen MR) is 151 cm³/mol. The number of carboxylic acid groups (broad SMARTS) is 2. The van der Waals surface area contributed by atoms with E-state index in [1.807, 2.05) is 34.6 Å². The van der Waals surface area contributed by atoms with Gasteiger partial charge in [-0.2, -0.15) is 0 Å². The van der Waals surface area contributed by atoms with E-state index in [4.69, 9.17) is 15.6 Å². The zero-order valence-corrected chi connectivity index (χ0v) is 25.1. The van der Waals surface area contributed by atoms with Gasteiger partial charge in [-0.3, -0.25) is 19.2 Å². The first-order valence-electron chi connectivity index (χ1n) is 14.1. The lowest BCUT2D eigenvalue weighted by Gasteiger charge is -2.29. The Morgan fingerprint density at radius 1 is 0.872 bits per heavy atom. The number of carbonyl (C=O) groups is 4. The number of carbonyl (C=O) groups excluding carboxylic acids is 2. The van der Waals surface area contributed by atoms with Crippen LogP contribution in [0.5, 0.6) is 0 Å². The monoisotopic (exact) mass is 558 g/mol. The number of carboxylic acids is 2. The van der Waals surface area contributed by atoms with Gasteiger partial charge in [-0.05, 0) is 71.6 Å². The van der Waals surface area contributed by atoms with E-state index >= 15 is 0 Å². The van der Waals surface area contributed by atoms with E-state index in [0.717, 1.165) is 6.42 Å². The van der Waals surface area contributed by atoms with Gasteiger partial charge in [0.05, 0.1) is 5.60 Å². The summed E-state index contributed by atoms with van der Waals surface area (Å²) in [5, 5.41) is 27.1. The fourth-order valence-corrected chi connectivity index (χ4v) is 4.09.